The van der Waals surface area contributed by atoms with Gasteiger partial charge in [-0.25, -0.2) is 4.79 Å². The van der Waals surface area contributed by atoms with E-state index in [4.69, 9.17) is 22.1 Å². The molecular weight excluding hydrogens is 262 g/mol. The standard InChI is InChI=1S/C15H22ClNO2/c1-2-3-4-5-6-7-10-19-15(18)13-9-8-12(16)11-14(13)17/h8-9,11H,2-7,10,17H2,1H3. The average Bonchev–Trinajstić information content (AvgIpc) is 2.37. The highest BCUT2D eigenvalue weighted by Gasteiger charge is 2.10. The first-order valence-corrected chi connectivity index (χ1v) is 7.25. The predicted octanol–water partition coefficient (Wildman–Crippen LogP) is 4.44. The Bertz CT molecular complexity index is 407. The molecule has 4 heteroatoms. The summed E-state index contributed by atoms with van der Waals surface area (Å²) in [5.74, 6) is -0.372. The molecule has 0 amide bonds. The zero-order valence-electron chi connectivity index (χ0n) is 11.5. The molecule has 1 aromatic carbocycles. The molecule has 0 aliphatic rings. The van der Waals surface area contributed by atoms with Gasteiger partial charge in [-0.3, -0.25) is 0 Å². The molecule has 0 aromatic heterocycles. The van der Waals surface area contributed by atoms with Gasteiger partial charge in [-0.15, -0.1) is 0 Å². The zero-order chi connectivity index (χ0) is 14.1. The molecule has 0 aliphatic heterocycles. The largest absolute Gasteiger partial charge is 0.462 e. The number of anilines is 1. The minimum atomic E-state index is -0.372. The van der Waals surface area contributed by atoms with Crippen LogP contribution >= 0.6 is 11.6 Å². The fourth-order valence-electron chi connectivity index (χ4n) is 1.84. The van der Waals surface area contributed by atoms with E-state index in [2.05, 4.69) is 6.92 Å². The quantitative estimate of drug-likeness (QED) is 0.436. The molecule has 0 spiro atoms. The molecule has 3 nitrogen and oxygen atoms in total. The molecule has 1 rings (SSSR count). The first-order valence-electron chi connectivity index (χ1n) is 6.87. The minimum Gasteiger partial charge on any atom is -0.462 e. The van der Waals surface area contributed by atoms with Crippen LogP contribution in [0.4, 0.5) is 5.69 Å². The second-order valence-corrected chi connectivity index (χ2v) is 5.07. The number of ether oxygens (including phenoxy) is 1. The molecule has 106 valence electrons. The van der Waals surface area contributed by atoms with Crippen LogP contribution in [0, 0.1) is 0 Å². The smallest absolute Gasteiger partial charge is 0.340 e. The van der Waals surface area contributed by atoms with Crippen LogP contribution in [0.5, 0.6) is 0 Å². The van der Waals surface area contributed by atoms with E-state index in [1.54, 1.807) is 18.2 Å². The maximum atomic E-state index is 11.8. The van der Waals surface area contributed by atoms with Gasteiger partial charge in [-0.2, -0.15) is 0 Å². The molecule has 1 aromatic rings. The summed E-state index contributed by atoms with van der Waals surface area (Å²) in [5, 5.41) is 0.518. The van der Waals surface area contributed by atoms with Crippen molar-refractivity contribution in [3.05, 3.63) is 28.8 Å². The highest BCUT2D eigenvalue weighted by atomic mass is 35.5. The Morgan fingerprint density at radius 1 is 1.21 bits per heavy atom. The molecule has 19 heavy (non-hydrogen) atoms. The number of esters is 1. The van der Waals surface area contributed by atoms with Gasteiger partial charge in [0, 0.05) is 10.7 Å². The Kier molecular flexibility index (Phi) is 7.34. The van der Waals surface area contributed by atoms with Crippen LogP contribution in [0.3, 0.4) is 0 Å². The van der Waals surface area contributed by atoms with E-state index in [1.165, 1.54) is 25.7 Å². The topological polar surface area (TPSA) is 52.3 Å². The fourth-order valence-corrected chi connectivity index (χ4v) is 2.03. The van der Waals surface area contributed by atoms with Crippen molar-refractivity contribution < 1.29 is 9.53 Å². The number of hydrogen-bond donors (Lipinski definition) is 1. The Morgan fingerprint density at radius 2 is 1.89 bits per heavy atom. The monoisotopic (exact) mass is 283 g/mol. The summed E-state index contributed by atoms with van der Waals surface area (Å²) in [4.78, 5) is 11.8. The lowest BCUT2D eigenvalue weighted by Gasteiger charge is -2.07. The molecular formula is C15H22ClNO2. The van der Waals surface area contributed by atoms with Crippen molar-refractivity contribution >= 4 is 23.3 Å². The summed E-state index contributed by atoms with van der Waals surface area (Å²) in [5.41, 5.74) is 6.47. The number of nitrogen functional groups attached to an aromatic ring is 1. The first kappa shape index (κ1) is 15.8. The highest BCUT2D eigenvalue weighted by Crippen LogP contribution is 2.19. The minimum absolute atomic E-state index is 0.362. The van der Waals surface area contributed by atoms with Crippen molar-refractivity contribution in [2.75, 3.05) is 12.3 Å². The van der Waals surface area contributed by atoms with Crippen LogP contribution in [0.1, 0.15) is 55.8 Å². The van der Waals surface area contributed by atoms with E-state index in [-0.39, 0.29) is 5.97 Å². The summed E-state index contributed by atoms with van der Waals surface area (Å²) in [7, 11) is 0. The SMILES string of the molecule is CCCCCCCCOC(=O)c1ccc(Cl)cc1N. The van der Waals surface area contributed by atoms with Gasteiger partial charge >= 0.3 is 5.97 Å². The third-order valence-corrected chi connectivity index (χ3v) is 3.20. The van der Waals surface area contributed by atoms with Gasteiger partial charge in [-0.05, 0) is 24.6 Å². The van der Waals surface area contributed by atoms with Crippen molar-refractivity contribution in [2.45, 2.75) is 45.4 Å². The van der Waals surface area contributed by atoms with Gasteiger partial charge in [0.2, 0.25) is 0 Å². The van der Waals surface area contributed by atoms with Gasteiger partial charge < -0.3 is 10.5 Å². The third kappa shape index (κ3) is 5.97. The van der Waals surface area contributed by atoms with E-state index in [0.717, 1.165) is 12.8 Å². The maximum Gasteiger partial charge on any atom is 0.340 e. The molecule has 0 radical (unpaired) electrons. The zero-order valence-corrected chi connectivity index (χ0v) is 12.2. The van der Waals surface area contributed by atoms with E-state index in [0.29, 0.717) is 22.9 Å². The lowest BCUT2D eigenvalue weighted by molar-refractivity contribution is 0.0499. The normalized spacial score (nSPS) is 10.4. The Balaban J connectivity index is 2.24. The fraction of sp³-hybridized carbons (Fsp3) is 0.533. The molecule has 0 fully saturated rings. The highest BCUT2D eigenvalue weighted by molar-refractivity contribution is 6.31. The summed E-state index contributed by atoms with van der Waals surface area (Å²) in [6, 6.07) is 4.80. The van der Waals surface area contributed by atoms with E-state index in [9.17, 15) is 4.79 Å². The van der Waals surface area contributed by atoms with Crippen molar-refractivity contribution in [2.24, 2.45) is 0 Å². The van der Waals surface area contributed by atoms with Gasteiger partial charge in [0.05, 0.1) is 12.2 Å². The van der Waals surface area contributed by atoms with Crippen LogP contribution in [-0.2, 0) is 4.74 Å². The van der Waals surface area contributed by atoms with Crippen LogP contribution in [0.15, 0.2) is 18.2 Å². The number of nitrogens with two attached hydrogens (primary N) is 1. The summed E-state index contributed by atoms with van der Waals surface area (Å²) >= 11 is 5.78. The molecule has 0 heterocycles. The van der Waals surface area contributed by atoms with Crippen molar-refractivity contribution in [3.8, 4) is 0 Å². The van der Waals surface area contributed by atoms with Crippen molar-refractivity contribution in [3.63, 3.8) is 0 Å². The van der Waals surface area contributed by atoms with Crippen LogP contribution in [-0.4, -0.2) is 12.6 Å². The first-order chi connectivity index (χ1) is 9.15. The summed E-state index contributed by atoms with van der Waals surface area (Å²) < 4.78 is 5.19. The van der Waals surface area contributed by atoms with Crippen LogP contribution < -0.4 is 5.73 Å². The number of hydrogen-bond acceptors (Lipinski definition) is 3. The Labute approximate surface area is 120 Å². The van der Waals surface area contributed by atoms with E-state index >= 15 is 0 Å². The number of rotatable bonds is 8. The van der Waals surface area contributed by atoms with Crippen LogP contribution in [0.25, 0.3) is 0 Å². The maximum absolute atomic E-state index is 11.8. The number of benzene rings is 1. The second-order valence-electron chi connectivity index (χ2n) is 4.64. The van der Waals surface area contributed by atoms with Gasteiger partial charge in [0.25, 0.3) is 0 Å². The molecule has 0 atom stereocenters. The molecule has 0 unspecified atom stereocenters. The molecule has 0 saturated heterocycles. The summed E-state index contributed by atoms with van der Waals surface area (Å²) in [6.07, 6.45) is 6.99. The number of halogens is 1. The molecule has 0 bridgehead atoms. The molecule has 0 saturated carbocycles. The average molecular weight is 284 g/mol. The lowest BCUT2D eigenvalue weighted by atomic mass is 10.1. The van der Waals surface area contributed by atoms with Crippen molar-refractivity contribution in [1.29, 1.82) is 0 Å². The Morgan fingerprint density at radius 3 is 2.58 bits per heavy atom. The number of unbranched alkanes of at least 4 members (excludes halogenated alkanes) is 5. The number of carbonyl (C=O) groups is 1. The third-order valence-electron chi connectivity index (χ3n) is 2.96. The number of carbonyl (C=O) groups excluding carboxylic acids is 1. The lowest BCUT2D eigenvalue weighted by Crippen LogP contribution is -2.09. The molecule has 2 N–H and O–H groups in total. The van der Waals surface area contributed by atoms with E-state index in [1.807, 2.05) is 0 Å². The van der Waals surface area contributed by atoms with Crippen LogP contribution in [0.2, 0.25) is 5.02 Å². The van der Waals surface area contributed by atoms with Gasteiger partial charge in [-0.1, -0.05) is 50.6 Å². The molecule has 0 aliphatic carbocycles. The Hall–Kier alpha value is -1.22. The van der Waals surface area contributed by atoms with E-state index < -0.39 is 0 Å². The second kappa shape index (κ2) is 8.81. The summed E-state index contributed by atoms with van der Waals surface area (Å²) in [6.45, 7) is 2.64. The van der Waals surface area contributed by atoms with Gasteiger partial charge in [0.15, 0.2) is 0 Å². The van der Waals surface area contributed by atoms with Crippen molar-refractivity contribution in [1.82, 2.24) is 0 Å². The van der Waals surface area contributed by atoms with Gasteiger partial charge in [0.1, 0.15) is 0 Å². The predicted molar refractivity (Wildman–Crippen MR) is 79.5 cm³/mol.